The van der Waals surface area contributed by atoms with Crippen molar-refractivity contribution < 1.29 is 13.2 Å². The van der Waals surface area contributed by atoms with Crippen molar-refractivity contribution in [2.75, 3.05) is 24.2 Å². The fourth-order valence-electron chi connectivity index (χ4n) is 3.98. The van der Waals surface area contributed by atoms with E-state index in [1.54, 1.807) is 54.6 Å². The molecule has 0 aliphatic carbocycles. The number of hydrogen-bond acceptors (Lipinski definition) is 6. The van der Waals surface area contributed by atoms with Gasteiger partial charge in [0.25, 0.3) is 0 Å². The van der Waals surface area contributed by atoms with E-state index in [1.807, 2.05) is 11.5 Å². The van der Waals surface area contributed by atoms with Gasteiger partial charge in [0.1, 0.15) is 5.82 Å². The number of anilines is 1. The van der Waals surface area contributed by atoms with Crippen molar-refractivity contribution in [2.45, 2.75) is 42.3 Å². The summed E-state index contributed by atoms with van der Waals surface area (Å²) in [6.07, 6.45) is 1.58. The van der Waals surface area contributed by atoms with Crippen molar-refractivity contribution in [1.29, 1.82) is 0 Å². The molecule has 0 saturated carbocycles. The molecule has 2 aromatic carbocycles. The van der Waals surface area contributed by atoms with Crippen LogP contribution in [0.2, 0.25) is 5.02 Å². The van der Waals surface area contributed by atoms with Gasteiger partial charge in [0.2, 0.25) is 15.9 Å². The van der Waals surface area contributed by atoms with E-state index in [4.69, 9.17) is 11.6 Å². The number of rotatable bonds is 8. The Morgan fingerprint density at radius 3 is 2.59 bits per heavy atom. The Labute approximate surface area is 208 Å². The summed E-state index contributed by atoms with van der Waals surface area (Å²) in [6.45, 7) is 3.47. The van der Waals surface area contributed by atoms with Crippen LogP contribution in [0.4, 0.5) is 5.69 Å². The Bertz CT molecular complexity index is 1230. The van der Waals surface area contributed by atoms with Crippen molar-refractivity contribution in [3.63, 3.8) is 0 Å². The minimum atomic E-state index is -3.56. The van der Waals surface area contributed by atoms with Crippen molar-refractivity contribution in [1.82, 2.24) is 19.1 Å². The van der Waals surface area contributed by atoms with Crippen LogP contribution in [0, 0.1) is 0 Å². The van der Waals surface area contributed by atoms with E-state index < -0.39 is 10.0 Å². The zero-order chi connectivity index (χ0) is 24.1. The number of sulfonamides is 1. The van der Waals surface area contributed by atoms with E-state index in [1.165, 1.54) is 16.1 Å². The molecule has 1 aliphatic heterocycles. The molecule has 180 valence electrons. The Morgan fingerprint density at radius 1 is 1.15 bits per heavy atom. The average Bonchev–Trinajstić information content (AvgIpc) is 3.28. The SMILES string of the molecule is CCn1c(SCC(=O)Nc2ccc(Cl)cc2)nnc1[C@@H]1CCCN(S(=O)(=O)c2ccccc2)C1. The maximum absolute atomic E-state index is 13.1. The van der Waals surface area contributed by atoms with Crippen LogP contribution in [-0.4, -0.2) is 52.2 Å². The van der Waals surface area contributed by atoms with E-state index in [0.717, 1.165) is 18.7 Å². The molecule has 0 spiro atoms. The van der Waals surface area contributed by atoms with Crippen LogP contribution < -0.4 is 5.32 Å². The Balaban J connectivity index is 1.43. The second-order valence-electron chi connectivity index (χ2n) is 7.94. The first-order valence-corrected chi connectivity index (χ1v) is 13.9. The molecule has 2 heterocycles. The molecule has 0 unspecified atom stereocenters. The van der Waals surface area contributed by atoms with Gasteiger partial charge in [0.15, 0.2) is 5.16 Å². The van der Waals surface area contributed by atoms with Gasteiger partial charge in [-0.2, -0.15) is 4.31 Å². The Hall–Kier alpha value is -2.40. The van der Waals surface area contributed by atoms with Crippen molar-refractivity contribution in [2.24, 2.45) is 0 Å². The van der Waals surface area contributed by atoms with Crippen molar-refractivity contribution in [3.8, 4) is 0 Å². The molecule has 1 saturated heterocycles. The highest BCUT2D eigenvalue weighted by atomic mass is 35.5. The van der Waals surface area contributed by atoms with Crippen LogP contribution in [-0.2, 0) is 21.4 Å². The number of nitrogens with one attached hydrogen (secondary N) is 1. The summed E-state index contributed by atoms with van der Waals surface area (Å²) < 4.78 is 29.7. The van der Waals surface area contributed by atoms with Gasteiger partial charge in [-0.1, -0.05) is 41.6 Å². The second-order valence-corrected chi connectivity index (χ2v) is 11.3. The zero-order valence-electron chi connectivity index (χ0n) is 18.7. The molecular formula is C23H26ClN5O3S2. The number of thioether (sulfide) groups is 1. The van der Waals surface area contributed by atoms with Gasteiger partial charge in [-0.25, -0.2) is 8.42 Å². The van der Waals surface area contributed by atoms with Crippen molar-refractivity contribution >= 4 is 45.0 Å². The molecule has 1 fully saturated rings. The van der Waals surface area contributed by atoms with E-state index in [9.17, 15) is 13.2 Å². The molecule has 1 aromatic heterocycles. The lowest BCUT2D eigenvalue weighted by Crippen LogP contribution is -2.39. The summed E-state index contributed by atoms with van der Waals surface area (Å²) >= 11 is 7.19. The fourth-order valence-corrected chi connectivity index (χ4v) is 6.46. The molecule has 1 aliphatic rings. The summed E-state index contributed by atoms with van der Waals surface area (Å²) in [6, 6.07) is 15.4. The summed E-state index contributed by atoms with van der Waals surface area (Å²) in [4.78, 5) is 12.7. The molecule has 34 heavy (non-hydrogen) atoms. The third kappa shape index (κ3) is 5.63. The smallest absolute Gasteiger partial charge is 0.243 e. The highest BCUT2D eigenvalue weighted by molar-refractivity contribution is 7.99. The lowest BCUT2D eigenvalue weighted by atomic mass is 9.99. The van der Waals surface area contributed by atoms with Crippen LogP contribution in [0.3, 0.4) is 0 Å². The maximum Gasteiger partial charge on any atom is 0.243 e. The van der Waals surface area contributed by atoms with Gasteiger partial charge in [0.05, 0.1) is 10.6 Å². The van der Waals surface area contributed by atoms with E-state index in [-0.39, 0.29) is 17.6 Å². The third-order valence-electron chi connectivity index (χ3n) is 5.65. The van der Waals surface area contributed by atoms with Gasteiger partial charge in [-0.05, 0) is 56.2 Å². The largest absolute Gasteiger partial charge is 0.325 e. The standard InChI is InChI=1S/C23H26ClN5O3S2/c1-2-29-22(17-7-6-14-28(15-17)34(31,32)20-8-4-3-5-9-20)26-27-23(29)33-16-21(30)25-19-12-10-18(24)11-13-19/h3-5,8-13,17H,2,6-7,14-16H2,1H3,(H,25,30)/t17-/m1/s1. The predicted molar refractivity (Wildman–Crippen MR) is 134 cm³/mol. The molecule has 3 aromatic rings. The molecule has 1 amide bonds. The second kappa shape index (κ2) is 10.9. The summed E-state index contributed by atoms with van der Waals surface area (Å²) in [7, 11) is -3.56. The van der Waals surface area contributed by atoms with Gasteiger partial charge >= 0.3 is 0 Å². The minimum Gasteiger partial charge on any atom is -0.325 e. The lowest BCUT2D eigenvalue weighted by Gasteiger charge is -2.31. The van der Waals surface area contributed by atoms with Crippen LogP contribution in [0.5, 0.6) is 0 Å². The van der Waals surface area contributed by atoms with E-state index in [0.29, 0.717) is 40.4 Å². The normalized spacial score (nSPS) is 16.9. The molecular weight excluding hydrogens is 494 g/mol. The number of amides is 1. The molecule has 0 radical (unpaired) electrons. The molecule has 0 bridgehead atoms. The van der Waals surface area contributed by atoms with Gasteiger partial charge in [-0.3, -0.25) is 4.79 Å². The zero-order valence-corrected chi connectivity index (χ0v) is 21.1. The van der Waals surface area contributed by atoms with E-state index >= 15 is 0 Å². The summed E-state index contributed by atoms with van der Waals surface area (Å²) in [5.74, 6) is 0.727. The van der Waals surface area contributed by atoms with Gasteiger partial charge in [0, 0.05) is 36.3 Å². The lowest BCUT2D eigenvalue weighted by molar-refractivity contribution is -0.113. The highest BCUT2D eigenvalue weighted by Crippen LogP contribution is 2.31. The van der Waals surface area contributed by atoms with Crippen LogP contribution in [0.1, 0.15) is 31.5 Å². The number of nitrogens with zero attached hydrogens (tertiary/aromatic N) is 4. The third-order valence-corrected chi connectivity index (χ3v) is 8.75. The number of benzene rings is 2. The average molecular weight is 520 g/mol. The van der Waals surface area contributed by atoms with Crippen LogP contribution in [0.25, 0.3) is 0 Å². The molecule has 8 nitrogen and oxygen atoms in total. The fraction of sp³-hybridized carbons (Fsp3) is 0.348. The number of hydrogen-bond donors (Lipinski definition) is 1. The summed E-state index contributed by atoms with van der Waals surface area (Å²) in [5, 5.41) is 12.8. The summed E-state index contributed by atoms with van der Waals surface area (Å²) in [5.41, 5.74) is 0.676. The highest BCUT2D eigenvalue weighted by Gasteiger charge is 2.33. The monoisotopic (exact) mass is 519 g/mol. The first kappa shape index (κ1) is 24.7. The topological polar surface area (TPSA) is 97.2 Å². The number of carbonyl (C=O) groups excluding carboxylic acids is 1. The number of piperidine rings is 1. The maximum atomic E-state index is 13.1. The molecule has 4 rings (SSSR count). The quantitative estimate of drug-likeness (QED) is 0.447. The van der Waals surface area contributed by atoms with Gasteiger partial charge in [-0.15, -0.1) is 10.2 Å². The molecule has 11 heteroatoms. The minimum absolute atomic E-state index is 0.0584. The molecule has 1 atom stereocenters. The van der Waals surface area contributed by atoms with Crippen LogP contribution >= 0.6 is 23.4 Å². The number of halogens is 1. The Kier molecular flexibility index (Phi) is 7.92. The number of carbonyl (C=O) groups is 1. The predicted octanol–water partition coefficient (Wildman–Crippen LogP) is 4.25. The van der Waals surface area contributed by atoms with Crippen LogP contribution in [0.15, 0.2) is 64.6 Å². The Morgan fingerprint density at radius 2 is 1.88 bits per heavy atom. The van der Waals surface area contributed by atoms with E-state index in [2.05, 4.69) is 15.5 Å². The van der Waals surface area contributed by atoms with Gasteiger partial charge < -0.3 is 9.88 Å². The first-order chi connectivity index (χ1) is 16.4. The molecule has 1 N–H and O–H groups in total. The number of aromatic nitrogens is 3. The van der Waals surface area contributed by atoms with Crippen molar-refractivity contribution in [3.05, 3.63) is 65.4 Å². The first-order valence-electron chi connectivity index (χ1n) is 11.0.